The van der Waals surface area contributed by atoms with Crippen molar-refractivity contribution in [3.63, 3.8) is 0 Å². The molecule has 4 aromatic rings. The lowest BCUT2D eigenvalue weighted by Gasteiger charge is -2.46. The van der Waals surface area contributed by atoms with Crippen LogP contribution in [0.4, 0.5) is 22.7 Å². The molecule has 376 valence electrons. The van der Waals surface area contributed by atoms with Gasteiger partial charge in [-0.25, -0.2) is 9.59 Å². The lowest BCUT2D eigenvalue weighted by atomic mass is 9.87. The van der Waals surface area contributed by atoms with Crippen LogP contribution in [0.15, 0.2) is 193 Å². The number of rotatable bonds is 10. The predicted octanol–water partition coefficient (Wildman–Crippen LogP) is 5.11. The third-order valence-corrected chi connectivity index (χ3v) is 15.5. The molecule has 0 unspecified atom stereocenters. The topological polar surface area (TPSA) is 255 Å². The van der Waals surface area contributed by atoms with Crippen LogP contribution in [0.2, 0.25) is 0 Å². The summed E-state index contributed by atoms with van der Waals surface area (Å²) in [5.74, 6) is -15.0. The van der Waals surface area contributed by atoms with Crippen molar-refractivity contribution < 1.29 is 74.1 Å². The Balaban J connectivity index is 0.815. The van der Waals surface area contributed by atoms with E-state index in [-0.39, 0.29) is 48.4 Å². The lowest BCUT2D eigenvalue weighted by molar-refractivity contribution is -0.297. The summed E-state index contributed by atoms with van der Waals surface area (Å²) in [6.45, 7) is 0. The number of nitrogens with zero attached hydrogens (tertiary/aromatic N) is 4. The van der Waals surface area contributed by atoms with Crippen molar-refractivity contribution in [1.82, 2.24) is 0 Å². The van der Waals surface area contributed by atoms with Crippen LogP contribution in [0, 0.1) is 11.8 Å². The molecule has 1 aliphatic carbocycles. The summed E-state index contributed by atoms with van der Waals surface area (Å²) in [5.41, 5.74) is -0.995. The van der Waals surface area contributed by atoms with Crippen molar-refractivity contribution >= 4 is 90.7 Å². The van der Waals surface area contributed by atoms with Crippen molar-refractivity contribution in [2.45, 2.75) is 37.3 Å². The largest absolute Gasteiger partial charge is 0.422 e. The Kier molecular flexibility index (Phi) is 13.4. The summed E-state index contributed by atoms with van der Waals surface area (Å²) in [6, 6.07) is 30.0. The molecule has 20 nitrogen and oxygen atoms in total. The van der Waals surface area contributed by atoms with Crippen LogP contribution in [-0.2, 0) is 77.7 Å². The van der Waals surface area contributed by atoms with Crippen molar-refractivity contribution in [3.8, 4) is 0 Å². The highest BCUT2D eigenvalue weighted by atomic mass is 32.2. The first kappa shape index (κ1) is 49.9. The second-order valence-electron chi connectivity index (χ2n) is 16.8. The molecule has 0 N–H and O–H groups in total. The number of hydrogen-bond donors (Lipinski definition) is 0. The quantitative estimate of drug-likeness (QED) is 0.0657. The van der Waals surface area contributed by atoms with E-state index >= 15 is 0 Å². The number of para-hydroxylation sites is 4. The van der Waals surface area contributed by atoms with Gasteiger partial charge in [-0.1, -0.05) is 121 Å². The van der Waals surface area contributed by atoms with E-state index < -0.39 is 102 Å². The SMILES string of the molecule is O=C1OC2(CCC3(CC2)OC(=O)C(/C=C/C=C/C=C2C(=O)N(c4ccccc4)S(=O)(=O)N(c4ccccc4)C2=O)C(=O)O3)OC(=O)C1=C/C=C/C=C/C1C(=O)N(c2ccccc2)S(=O)(=O)N(c2ccccc2)C1=O. The smallest absolute Gasteiger partial charge is 0.348 e. The molecule has 22 heteroatoms. The minimum absolute atomic E-state index is 0.00509. The molecule has 0 radical (unpaired) electrons. The maximum atomic E-state index is 13.7. The zero-order valence-electron chi connectivity index (χ0n) is 38.4. The highest BCUT2D eigenvalue weighted by Crippen LogP contribution is 2.45. The molecule has 4 heterocycles. The van der Waals surface area contributed by atoms with Crippen LogP contribution in [0.3, 0.4) is 0 Å². The van der Waals surface area contributed by atoms with Gasteiger partial charge in [0.1, 0.15) is 17.1 Å². The molecule has 4 amide bonds. The fraction of sp³-hybridized carbons (Fsp3) is 0.154. The van der Waals surface area contributed by atoms with Crippen molar-refractivity contribution in [1.29, 1.82) is 0 Å². The number of anilines is 4. The molecule has 0 bridgehead atoms. The fourth-order valence-corrected chi connectivity index (χ4v) is 11.7. The first-order valence-electron chi connectivity index (χ1n) is 22.6. The van der Waals surface area contributed by atoms with E-state index in [4.69, 9.17) is 18.9 Å². The standard InChI is InChI=1S/C52H40N4O16S2/c57-43-39(44(58)54(36-21-9-2-10-22-36)73(65,66)53(43)35-19-7-1-8-20-35)27-15-5-17-29-41-47(61)69-51(70-48(41)62)31-33-52(34-32-51)71-49(63)42(50(64)72-52)30-18-6-16-28-40-45(59)55(37-23-11-3-12-24-37)74(67,68)56(46(40)60)38-25-13-4-14-26-38/h1-30,39,42H,31-34H2/b16-6+,17-5+,27-15+,30-18+,41-29?. The van der Waals surface area contributed by atoms with Gasteiger partial charge in [0.2, 0.25) is 0 Å². The van der Waals surface area contributed by atoms with E-state index in [1.165, 1.54) is 140 Å². The summed E-state index contributed by atoms with van der Waals surface area (Å²) in [7, 11) is -9.40. The van der Waals surface area contributed by atoms with E-state index in [1.807, 2.05) is 0 Å². The second-order valence-corrected chi connectivity index (χ2v) is 20.1. The number of carbonyl (C=O) groups is 8. The van der Waals surface area contributed by atoms with Crippen LogP contribution >= 0.6 is 0 Å². The van der Waals surface area contributed by atoms with Crippen LogP contribution in [0.1, 0.15) is 25.7 Å². The molecule has 1 saturated carbocycles. The van der Waals surface area contributed by atoms with Crippen LogP contribution < -0.4 is 17.2 Å². The minimum Gasteiger partial charge on any atom is -0.422 e. The average molecular weight is 1040 g/mol. The Bertz CT molecular complexity index is 3230. The summed E-state index contributed by atoms with van der Waals surface area (Å²) in [6.07, 6.45) is 11.2. The average Bonchev–Trinajstić information content (AvgIpc) is 3.37. The van der Waals surface area contributed by atoms with Gasteiger partial charge in [-0.2, -0.15) is 34.1 Å². The number of allylic oxidation sites excluding steroid dienone is 8. The van der Waals surface area contributed by atoms with E-state index in [0.29, 0.717) is 17.2 Å². The second kappa shape index (κ2) is 19.9. The molecular weight excluding hydrogens is 1000 g/mol. The number of ether oxygens (including phenoxy) is 4. The van der Waals surface area contributed by atoms with Gasteiger partial charge in [-0.05, 0) is 60.7 Å². The molecule has 0 atom stereocenters. The van der Waals surface area contributed by atoms with Crippen molar-refractivity contribution in [2.75, 3.05) is 17.2 Å². The third-order valence-electron chi connectivity index (χ3n) is 12.1. The van der Waals surface area contributed by atoms with Gasteiger partial charge >= 0.3 is 44.3 Å². The monoisotopic (exact) mass is 1040 g/mol. The molecule has 9 rings (SSSR count). The van der Waals surface area contributed by atoms with Crippen LogP contribution in [-0.4, -0.2) is 75.9 Å². The zero-order chi connectivity index (χ0) is 52.4. The van der Waals surface area contributed by atoms with Crippen molar-refractivity contribution in [3.05, 3.63) is 193 Å². The van der Waals surface area contributed by atoms with Gasteiger partial charge < -0.3 is 18.9 Å². The van der Waals surface area contributed by atoms with Gasteiger partial charge in [0.25, 0.3) is 35.2 Å². The highest BCUT2D eigenvalue weighted by Gasteiger charge is 2.58. The molecule has 2 spiro atoms. The number of esters is 4. The van der Waals surface area contributed by atoms with E-state index in [9.17, 15) is 55.2 Å². The maximum Gasteiger partial charge on any atom is 0.348 e. The van der Waals surface area contributed by atoms with Crippen LogP contribution in [0.25, 0.3) is 0 Å². The Morgan fingerprint density at radius 3 is 1.11 bits per heavy atom. The van der Waals surface area contributed by atoms with Crippen LogP contribution in [0.5, 0.6) is 0 Å². The Labute approximate surface area is 422 Å². The predicted molar refractivity (Wildman–Crippen MR) is 262 cm³/mol. The summed E-state index contributed by atoms with van der Waals surface area (Å²) in [5, 5.41) is 0. The molecule has 5 aliphatic rings. The van der Waals surface area contributed by atoms with E-state index in [2.05, 4.69) is 0 Å². The number of hydrogen-bond acceptors (Lipinski definition) is 16. The van der Waals surface area contributed by atoms with E-state index in [0.717, 1.165) is 18.2 Å². The first-order chi connectivity index (χ1) is 35.5. The maximum absolute atomic E-state index is 13.7. The van der Waals surface area contributed by atoms with Gasteiger partial charge in [0, 0.05) is 25.7 Å². The van der Waals surface area contributed by atoms with Gasteiger partial charge in [-0.15, -0.1) is 0 Å². The summed E-state index contributed by atoms with van der Waals surface area (Å²) < 4.78 is 79.3. The summed E-state index contributed by atoms with van der Waals surface area (Å²) in [4.78, 5) is 107. The van der Waals surface area contributed by atoms with Gasteiger partial charge in [0.05, 0.1) is 22.7 Å². The molecule has 5 fully saturated rings. The highest BCUT2D eigenvalue weighted by molar-refractivity contribution is 7.96. The van der Waals surface area contributed by atoms with E-state index in [1.54, 1.807) is 24.3 Å². The minimum atomic E-state index is -4.71. The molecule has 4 aromatic carbocycles. The molecular formula is C52H40N4O16S2. The lowest BCUT2D eigenvalue weighted by Crippen LogP contribution is -2.60. The number of amides is 4. The Morgan fingerprint density at radius 2 is 0.716 bits per heavy atom. The van der Waals surface area contributed by atoms with Gasteiger partial charge in [-0.3, -0.25) is 28.8 Å². The molecule has 74 heavy (non-hydrogen) atoms. The molecule has 4 aliphatic heterocycles. The Hall–Kier alpha value is -9.02. The molecule has 0 aromatic heterocycles. The van der Waals surface area contributed by atoms with Gasteiger partial charge in [0.15, 0.2) is 5.92 Å². The molecule has 4 saturated heterocycles. The Morgan fingerprint density at radius 1 is 0.392 bits per heavy atom. The summed E-state index contributed by atoms with van der Waals surface area (Å²) >= 11 is 0. The first-order valence-corrected chi connectivity index (χ1v) is 25.4. The number of benzene rings is 4. The normalized spacial score (nSPS) is 24.4. The third kappa shape index (κ3) is 9.34. The fourth-order valence-electron chi connectivity index (χ4n) is 8.51. The number of carbonyl (C=O) groups excluding carboxylic acids is 8. The van der Waals surface area contributed by atoms with Crippen molar-refractivity contribution in [2.24, 2.45) is 11.8 Å². The zero-order valence-corrected chi connectivity index (χ0v) is 40.1.